The van der Waals surface area contributed by atoms with Crippen LogP contribution in [0.5, 0.6) is 0 Å². The van der Waals surface area contributed by atoms with Crippen molar-refractivity contribution < 1.29 is 14.1 Å². The number of aromatic amines is 1. The van der Waals surface area contributed by atoms with E-state index >= 15 is 0 Å². The largest absolute Gasteiger partial charge is 0.477 e. The molecule has 2 N–H and O–H groups in total. The molecule has 1 unspecified atom stereocenters. The summed E-state index contributed by atoms with van der Waals surface area (Å²) in [5, 5.41) is 11.7. The topological polar surface area (TPSA) is 105 Å². The zero-order valence-electron chi connectivity index (χ0n) is 10.3. The maximum atomic E-state index is 12.3. The van der Waals surface area contributed by atoms with Gasteiger partial charge in [0.25, 0.3) is 5.56 Å². The van der Waals surface area contributed by atoms with Gasteiger partial charge in [0.15, 0.2) is 5.65 Å². The van der Waals surface area contributed by atoms with E-state index in [2.05, 4.69) is 10.1 Å². The second kappa shape index (κ2) is 4.27. The molecule has 0 radical (unpaired) electrons. The number of carbonyl (C=O) groups is 1. The summed E-state index contributed by atoms with van der Waals surface area (Å²) in [6.45, 7) is 0. The third kappa shape index (κ3) is 1.81. The van der Waals surface area contributed by atoms with Crippen molar-refractivity contribution >= 4 is 33.3 Å². The van der Waals surface area contributed by atoms with Crippen molar-refractivity contribution in [3.05, 3.63) is 40.3 Å². The quantitative estimate of drug-likeness (QED) is 0.720. The SMILES string of the molecule is CS(=O)c1ccc2nc3cc(C(=O)O)[nH]n3c(=O)c2c1. The lowest BCUT2D eigenvalue weighted by Crippen LogP contribution is -2.16. The summed E-state index contributed by atoms with van der Waals surface area (Å²) in [7, 11) is -1.21. The van der Waals surface area contributed by atoms with Crippen LogP contribution in [0.2, 0.25) is 0 Å². The second-order valence-corrected chi connectivity index (χ2v) is 5.60. The molecular formula is C12H9N3O4S. The Morgan fingerprint density at radius 1 is 1.40 bits per heavy atom. The van der Waals surface area contributed by atoms with Crippen LogP contribution in [-0.4, -0.2) is 36.1 Å². The molecule has 0 amide bonds. The Balaban J connectivity index is 2.41. The molecule has 0 fully saturated rings. The van der Waals surface area contributed by atoms with Crippen LogP contribution in [0.15, 0.2) is 34.0 Å². The Hall–Kier alpha value is -2.48. The van der Waals surface area contributed by atoms with Gasteiger partial charge in [-0.3, -0.25) is 14.1 Å². The van der Waals surface area contributed by atoms with Crippen LogP contribution in [0, 0.1) is 0 Å². The van der Waals surface area contributed by atoms with E-state index in [9.17, 15) is 13.8 Å². The fourth-order valence-corrected chi connectivity index (χ4v) is 2.50. The van der Waals surface area contributed by atoms with Crippen LogP contribution in [0.4, 0.5) is 0 Å². The standard InChI is InChI=1S/C12H9N3O4S/c1-20(19)6-2-3-8-7(4-6)11(16)15-10(13-8)5-9(14-15)12(17)18/h2-5,14H,1H3,(H,17,18). The monoisotopic (exact) mass is 291 g/mol. The van der Waals surface area contributed by atoms with Crippen molar-refractivity contribution in [2.45, 2.75) is 4.90 Å². The summed E-state index contributed by atoms with van der Waals surface area (Å²) in [6, 6.07) is 6.02. The van der Waals surface area contributed by atoms with E-state index in [0.29, 0.717) is 10.4 Å². The normalized spacial score (nSPS) is 12.8. The Morgan fingerprint density at radius 2 is 2.15 bits per heavy atom. The molecule has 0 aliphatic carbocycles. The minimum atomic E-state index is -1.21. The van der Waals surface area contributed by atoms with Crippen LogP contribution < -0.4 is 5.56 Å². The third-order valence-corrected chi connectivity index (χ3v) is 3.85. The van der Waals surface area contributed by atoms with Crippen molar-refractivity contribution in [2.75, 3.05) is 6.26 Å². The van der Waals surface area contributed by atoms with Crippen molar-refractivity contribution in [2.24, 2.45) is 0 Å². The van der Waals surface area contributed by atoms with E-state index in [4.69, 9.17) is 5.11 Å². The van der Waals surface area contributed by atoms with Gasteiger partial charge in [-0.2, -0.15) is 0 Å². The number of aromatic nitrogens is 3. The summed E-state index contributed by atoms with van der Waals surface area (Å²) in [5.41, 5.74) is 0.111. The number of hydrogen-bond acceptors (Lipinski definition) is 4. The Kier molecular flexibility index (Phi) is 2.68. The van der Waals surface area contributed by atoms with Crippen molar-refractivity contribution in [1.82, 2.24) is 14.6 Å². The van der Waals surface area contributed by atoms with Gasteiger partial charge in [-0.1, -0.05) is 0 Å². The average Bonchev–Trinajstić information content (AvgIpc) is 2.83. The molecule has 8 heteroatoms. The number of rotatable bonds is 2. The lowest BCUT2D eigenvalue weighted by Gasteiger charge is -2.01. The van der Waals surface area contributed by atoms with Crippen LogP contribution in [0.3, 0.4) is 0 Å². The highest BCUT2D eigenvalue weighted by Gasteiger charge is 2.13. The molecule has 0 bridgehead atoms. The summed E-state index contributed by atoms with van der Waals surface area (Å²) < 4.78 is 12.5. The Labute approximate surface area is 114 Å². The molecule has 0 aliphatic rings. The first-order valence-corrected chi connectivity index (χ1v) is 7.15. The van der Waals surface area contributed by atoms with E-state index in [1.54, 1.807) is 12.1 Å². The van der Waals surface area contributed by atoms with Gasteiger partial charge in [-0.05, 0) is 18.2 Å². The fourth-order valence-electron chi connectivity index (χ4n) is 1.96. The van der Waals surface area contributed by atoms with E-state index in [1.807, 2.05) is 0 Å². The number of H-pyrrole nitrogens is 1. The third-order valence-electron chi connectivity index (χ3n) is 2.93. The first-order chi connectivity index (χ1) is 9.47. The molecule has 3 aromatic rings. The van der Waals surface area contributed by atoms with E-state index < -0.39 is 22.3 Å². The van der Waals surface area contributed by atoms with Gasteiger partial charge < -0.3 is 5.11 Å². The predicted molar refractivity (Wildman–Crippen MR) is 72.6 cm³/mol. The van der Waals surface area contributed by atoms with Crippen LogP contribution in [-0.2, 0) is 10.8 Å². The summed E-state index contributed by atoms with van der Waals surface area (Å²) in [6.07, 6.45) is 1.52. The second-order valence-electron chi connectivity index (χ2n) is 4.22. The highest BCUT2D eigenvalue weighted by atomic mass is 32.2. The van der Waals surface area contributed by atoms with Gasteiger partial charge in [0.05, 0.1) is 10.9 Å². The fraction of sp³-hybridized carbons (Fsp3) is 0.0833. The van der Waals surface area contributed by atoms with Crippen LogP contribution >= 0.6 is 0 Å². The minimum absolute atomic E-state index is 0.121. The molecule has 2 aromatic heterocycles. The van der Waals surface area contributed by atoms with E-state index in [-0.39, 0.29) is 16.7 Å². The number of benzene rings is 1. The number of nitrogens with one attached hydrogen (secondary N) is 1. The van der Waals surface area contributed by atoms with Gasteiger partial charge in [-0.15, -0.1) is 0 Å². The number of aromatic carboxylic acids is 1. The molecule has 0 saturated heterocycles. The maximum absolute atomic E-state index is 12.3. The van der Waals surface area contributed by atoms with E-state index in [0.717, 1.165) is 4.52 Å². The smallest absolute Gasteiger partial charge is 0.353 e. The number of carboxylic acids is 1. The molecule has 3 rings (SSSR count). The summed E-state index contributed by atoms with van der Waals surface area (Å²) in [4.78, 5) is 27.9. The van der Waals surface area contributed by atoms with Gasteiger partial charge in [0.1, 0.15) is 5.69 Å². The average molecular weight is 291 g/mol. The summed E-state index contributed by atoms with van der Waals surface area (Å²) in [5.74, 6) is -1.17. The molecule has 1 aromatic carbocycles. The Bertz CT molecular complexity index is 929. The lowest BCUT2D eigenvalue weighted by atomic mass is 10.2. The van der Waals surface area contributed by atoms with Gasteiger partial charge in [0.2, 0.25) is 0 Å². The van der Waals surface area contributed by atoms with Crippen molar-refractivity contribution in [1.29, 1.82) is 0 Å². The van der Waals surface area contributed by atoms with Crippen molar-refractivity contribution in [3.8, 4) is 0 Å². The number of hydrogen-bond donors (Lipinski definition) is 2. The number of nitrogens with zero attached hydrogens (tertiary/aromatic N) is 2. The number of carboxylic acid groups (broad SMARTS) is 1. The zero-order chi connectivity index (χ0) is 14.4. The molecule has 0 spiro atoms. The molecule has 2 heterocycles. The molecule has 20 heavy (non-hydrogen) atoms. The summed E-state index contributed by atoms with van der Waals surface area (Å²) >= 11 is 0. The van der Waals surface area contributed by atoms with Crippen LogP contribution in [0.25, 0.3) is 16.6 Å². The van der Waals surface area contributed by atoms with Gasteiger partial charge in [0, 0.05) is 28.0 Å². The predicted octanol–water partition coefficient (Wildman–Crippen LogP) is 0.611. The highest BCUT2D eigenvalue weighted by molar-refractivity contribution is 7.84. The van der Waals surface area contributed by atoms with Gasteiger partial charge >= 0.3 is 5.97 Å². The lowest BCUT2D eigenvalue weighted by molar-refractivity contribution is 0.0690. The molecule has 102 valence electrons. The molecular weight excluding hydrogens is 282 g/mol. The molecule has 7 nitrogen and oxygen atoms in total. The maximum Gasteiger partial charge on any atom is 0.353 e. The van der Waals surface area contributed by atoms with Gasteiger partial charge in [-0.25, -0.2) is 14.3 Å². The van der Waals surface area contributed by atoms with Crippen LogP contribution in [0.1, 0.15) is 10.5 Å². The molecule has 0 saturated carbocycles. The molecule has 0 aliphatic heterocycles. The number of fused-ring (bicyclic) bond motifs is 2. The Morgan fingerprint density at radius 3 is 2.80 bits per heavy atom. The van der Waals surface area contributed by atoms with Crippen molar-refractivity contribution in [3.63, 3.8) is 0 Å². The first kappa shape index (κ1) is 12.5. The highest BCUT2D eigenvalue weighted by Crippen LogP contribution is 2.14. The zero-order valence-corrected chi connectivity index (χ0v) is 11.1. The minimum Gasteiger partial charge on any atom is -0.477 e. The molecule has 1 atom stereocenters. The van der Waals surface area contributed by atoms with E-state index in [1.165, 1.54) is 18.4 Å². The first-order valence-electron chi connectivity index (χ1n) is 5.59.